The van der Waals surface area contributed by atoms with E-state index >= 15 is 0 Å². The zero-order chi connectivity index (χ0) is 13.7. The van der Waals surface area contributed by atoms with Crippen molar-refractivity contribution in [2.24, 2.45) is 5.92 Å². The molecule has 0 bridgehead atoms. The molecule has 6 heteroatoms. The number of aryl methyl sites for hydroxylation is 2. The average molecular weight is 255 g/mol. The molecule has 0 radical (unpaired) electrons. The number of hydrogen-bond acceptors (Lipinski definition) is 4. The number of rotatable bonds is 5. The molecule has 6 nitrogen and oxygen atoms in total. The van der Waals surface area contributed by atoms with Crippen LogP contribution in [0.15, 0.2) is 4.52 Å². The Morgan fingerprint density at radius 2 is 2.17 bits per heavy atom. The van der Waals surface area contributed by atoms with Crippen LogP contribution in [0.5, 0.6) is 0 Å². The number of aliphatic hydroxyl groups is 1. The molecule has 0 aliphatic carbocycles. The first kappa shape index (κ1) is 14.5. The maximum absolute atomic E-state index is 11.7. The third-order valence-electron chi connectivity index (χ3n) is 2.75. The lowest BCUT2D eigenvalue weighted by molar-refractivity contribution is 0.126. The molecule has 102 valence electrons. The summed E-state index contributed by atoms with van der Waals surface area (Å²) >= 11 is 0. The van der Waals surface area contributed by atoms with Gasteiger partial charge in [0.1, 0.15) is 11.4 Å². The minimum atomic E-state index is -0.551. The van der Waals surface area contributed by atoms with E-state index in [0.717, 1.165) is 0 Å². The first-order valence-corrected chi connectivity index (χ1v) is 6.13. The van der Waals surface area contributed by atoms with Gasteiger partial charge in [-0.2, -0.15) is 0 Å². The van der Waals surface area contributed by atoms with E-state index < -0.39 is 6.10 Å². The number of anilines is 1. The molecule has 0 aliphatic heterocycles. The number of aromatic nitrogens is 1. The number of urea groups is 1. The molecule has 1 atom stereocenters. The van der Waals surface area contributed by atoms with Crippen LogP contribution in [0, 0.1) is 12.8 Å². The minimum absolute atomic E-state index is 0.105. The molecule has 0 aliphatic rings. The number of carbonyl (C=O) groups excluding carboxylic acids is 1. The predicted octanol–water partition coefficient (Wildman–Crippen LogP) is 1.68. The molecular formula is C12H21N3O3. The summed E-state index contributed by atoms with van der Waals surface area (Å²) in [5.41, 5.74) is 1.32. The maximum Gasteiger partial charge on any atom is 0.319 e. The Hall–Kier alpha value is -1.56. The van der Waals surface area contributed by atoms with Crippen LogP contribution in [-0.4, -0.2) is 28.9 Å². The molecule has 0 fully saturated rings. The summed E-state index contributed by atoms with van der Waals surface area (Å²) in [6.07, 6.45) is 0.131. The van der Waals surface area contributed by atoms with Gasteiger partial charge >= 0.3 is 6.03 Å². The maximum atomic E-state index is 11.7. The van der Waals surface area contributed by atoms with Crippen LogP contribution >= 0.6 is 0 Å². The van der Waals surface area contributed by atoms with Crippen LogP contribution in [0.3, 0.4) is 0 Å². The molecule has 1 rings (SSSR count). The van der Waals surface area contributed by atoms with E-state index in [1.54, 1.807) is 6.92 Å². The molecule has 1 heterocycles. The molecule has 0 saturated heterocycles. The molecule has 1 aromatic rings. The first-order valence-electron chi connectivity index (χ1n) is 6.13. The second kappa shape index (κ2) is 6.39. The molecule has 0 spiro atoms. The number of carbonyl (C=O) groups is 1. The topological polar surface area (TPSA) is 87.4 Å². The van der Waals surface area contributed by atoms with Crippen LogP contribution in [0.1, 0.15) is 32.2 Å². The molecule has 1 unspecified atom stereocenters. The summed E-state index contributed by atoms with van der Waals surface area (Å²) in [6.45, 7) is 7.68. The average Bonchev–Trinajstić information content (AvgIpc) is 2.67. The number of nitrogens with zero attached hydrogens (tertiary/aromatic N) is 1. The monoisotopic (exact) mass is 255 g/mol. The quantitative estimate of drug-likeness (QED) is 0.747. The lowest BCUT2D eigenvalue weighted by Crippen LogP contribution is -2.37. The van der Waals surface area contributed by atoms with Gasteiger partial charge < -0.3 is 20.3 Å². The van der Waals surface area contributed by atoms with Gasteiger partial charge in [-0.25, -0.2) is 4.79 Å². The zero-order valence-electron chi connectivity index (χ0n) is 11.3. The van der Waals surface area contributed by atoms with Crippen LogP contribution in [0.25, 0.3) is 0 Å². The molecule has 0 saturated carbocycles. The largest absolute Gasteiger partial charge is 0.391 e. The second-order valence-corrected chi connectivity index (χ2v) is 4.56. The Balaban J connectivity index is 2.52. The van der Waals surface area contributed by atoms with Crippen LogP contribution in [0.2, 0.25) is 0 Å². The lowest BCUT2D eigenvalue weighted by Gasteiger charge is -2.15. The normalized spacial score (nSPS) is 12.6. The Morgan fingerprint density at radius 1 is 1.50 bits per heavy atom. The molecule has 3 N–H and O–H groups in total. The van der Waals surface area contributed by atoms with Crippen molar-refractivity contribution in [3.8, 4) is 0 Å². The Labute approximate surface area is 107 Å². The Bertz CT molecular complexity index is 401. The van der Waals surface area contributed by atoms with E-state index in [0.29, 0.717) is 23.6 Å². The summed E-state index contributed by atoms with van der Waals surface area (Å²) in [5.74, 6) is 0.681. The van der Waals surface area contributed by atoms with Gasteiger partial charge in [-0.15, -0.1) is 0 Å². The number of aliphatic hydroxyl groups excluding tert-OH is 1. The van der Waals surface area contributed by atoms with Gasteiger partial charge in [0.25, 0.3) is 0 Å². The zero-order valence-corrected chi connectivity index (χ0v) is 11.3. The van der Waals surface area contributed by atoms with E-state index in [1.165, 1.54) is 0 Å². The summed E-state index contributed by atoms with van der Waals surface area (Å²) in [7, 11) is 0. The van der Waals surface area contributed by atoms with Gasteiger partial charge in [-0.3, -0.25) is 0 Å². The predicted molar refractivity (Wildman–Crippen MR) is 68.5 cm³/mol. The summed E-state index contributed by atoms with van der Waals surface area (Å²) in [4.78, 5) is 11.7. The van der Waals surface area contributed by atoms with E-state index in [9.17, 15) is 9.90 Å². The first-order chi connectivity index (χ1) is 8.45. The lowest BCUT2D eigenvalue weighted by atomic mass is 10.1. The number of nitrogens with one attached hydrogen (secondary N) is 2. The van der Waals surface area contributed by atoms with Gasteiger partial charge in [0.05, 0.1) is 6.10 Å². The van der Waals surface area contributed by atoms with Gasteiger partial charge in [0.15, 0.2) is 5.76 Å². The highest BCUT2D eigenvalue weighted by Crippen LogP contribution is 2.19. The summed E-state index contributed by atoms with van der Waals surface area (Å²) in [6, 6.07) is -0.365. The highest BCUT2D eigenvalue weighted by molar-refractivity contribution is 5.90. The minimum Gasteiger partial charge on any atom is -0.391 e. The van der Waals surface area contributed by atoms with E-state index in [1.807, 2.05) is 20.8 Å². The molecular weight excluding hydrogens is 234 g/mol. The molecule has 18 heavy (non-hydrogen) atoms. The highest BCUT2D eigenvalue weighted by Gasteiger charge is 2.15. The van der Waals surface area contributed by atoms with Crippen molar-refractivity contribution in [1.82, 2.24) is 10.5 Å². The van der Waals surface area contributed by atoms with E-state index in [2.05, 4.69) is 15.8 Å². The van der Waals surface area contributed by atoms with Crippen LogP contribution in [-0.2, 0) is 6.42 Å². The van der Waals surface area contributed by atoms with Crippen molar-refractivity contribution in [3.05, 3.63) is 11.5 Å². The van der Waals surface area contributed by atoms with Crippen molar-refractivity contribution < 1.29 is 14.4 Å². The van der Waals surface area contributed by atoms with Gasteiger partial charge in [0.2, 0.25) is 0 Å². The third kappa shape index (κ3) is 3.73. The number of amides is 2. The molecule has 2 amide bonds. The fourth-order valence-electron chi connectivity index (χ4n) is 1.41. The SMILES string of the molecule is CCc1noc(C)c1NC(=O)NCC(O)C(C)C. The van der Waals surface area contributed by atoms with E-state index in [-0.39, 0.29) is 18.5 Å². The van der Waals surface area contributed by atoms with Gasteiger partial charge in [-0.05, 0) is 19.3 Å². The fraction of sp³-hybridized carbons (Fsp3) is 0.667. The summed E-state index contributed by atoms with van der Waals surface area (Å²) < 4.78 is 5.01. The fourth-order valence-corrected chi connectivity index (χ4v) is 1.41. The smallest absolute Gasteiger partial charge is 0.319 e. The van der Waals surface area contributed by atoms with Crippen molar-refractivity contribution >= 4 is 11.7 Å². The Morgan fingerprint density at radius 3 is 2.72 bits per heavy atom. The van der Waals surface area contributed by atoms with Crippen molar-refractivity contribution in [1.29, 1.82) is 0 Å². The standard InChI is InChI=1S/C12H21N3O3/c1-5-9-11(8(4)18-15-9)14-12(17)13-6-10(16)7(2)3/h7,10,16H,5-6H2,1-4H3,(H2,13,14,17). The third-order valence-corrected chi connectivity index (χ3v) is 2.75. The van der Waals surface area contributed by atoms with Crippen molar-refractivity contribution in [2.75, 3.05) is 11.9 Å². The number of hydrogen-bond donors (Lipinski definition) is 3. The van der Waals surface area contributed by atoms with E-state index in [4.69, 9.17) is 4.52 Å². The Kier molecular flexibility index (Phi) is 5.15. The second-order valence-electron chi connectivity index (χ2n) is 4.56. The van der Waals surface area contributed by atoms with Gasteiger partial charge in [-0.1, -0.05) is 25.9 Å². The van der Waals surface area contributed by atoms with Crippen molar-refractivity contribution in [2.45, 2.75) is 40.2 Å². The van der Waals surface area contributed by atoms with Crippen LogP contribution in [0.4, 0.5) is 10.5 Å². The van der Waals surface area contributed by atoms with Gasteiger partial charge in [0, 0.05) is 6.54 Å². The summed E-state index contributed by atoms with van der Waals surface area (Å²) in [5, 5.41) is 18.7. The molecule has 0 aromatic carbocycles. The molecule has 1 aromatic heterocycles. The van der Waals surface area contributed by atoms with Crippen molar-refractivity contribution in [3.63, 3.8) is 0 Å². The highest BCUT2D eigenvalue weighted by atomic mass is 16.5. The van der Waals surface area contributed by atoms with Crippen LogP contribution < -0.4 is 10.6 Å².